The number of hydrogen-bond donors (Lipinski definition) is 0. The van der Waals surface area contributed by atoms with Crippen LogP contribution in [0.4, 0.5) is 0 Å². The van der Waals surface area contributed by atoms with Gasteiger partial charge in [0.15, 0.2) is 0 Å². The van der Waals surface area contributed by atoms with Crippen molar-refractivity contribution in [1.29, 1.82) is 0 Å². The fraction of sp³-hybridized carbons (Fsp3) is 0.867. The van der Waals surface area contributed by atoms with Gasteiger partial charge < -0.3 is 0 Å². The van der Waals surface area contributed by atoms with Crippen LogP contribution in [0.15, 0.2) is 6.20 Å². The van der Waals surface area contributed by atoms with E-state index in [1.807, 2.05) is 4.68 Å². The number of nitrogens with zero attached hydrogens (tertiary/aromatic N) is 3. The summed E-state index contributed by atoms with van der Waals surface area (Å²) in [6, 6.07) is 0. The molecule has 0 N–H and O–H groups in total. The first kappa shape index (κ1) is 15.2. The molecule has 0 bridgehead atoms. The minimum absolute atomic E-state index is 0.0145. The Morgan fingerprint density at radius 2 is 1.67 bits per heavy atom. The Bertz CT molecular complexity index is 379. The van der Waals surface area contributed by atoms with Gasteiger partial charge >= 0.3 is 0 Å². The first-order valence-corrected chi connectivity index (χ1v) is 6.94. The van der Waals surface area contributed by atoms with E-state index in [1.165, 1.54) is 0 Å². The SMILES string of the molecule is CC(CC(C)C(C)(C)C)c1cn(C(C)(C)C)nn1. The lowest BCUT2D eigenvalue weighted by Gasteiger charge is -2.29. The zero-order chi connectivity index (χ0) is 14.1. The van der Waals surface area contributed by atoms with Crippen LogP contribution < -0.4 is 0 Å². The highest BCUT2D eigenvalue weighted by atomic mass is 15.4. The van der Waals surface area contributed by atoms with E-state index in [0.29, 0.717) is 17.3 Å². The molecule has 0 saturated heterocycles. The summed E-state index contributed by atoms with van der Waals surface area (Å²) in [7, 11) is 0. The zero-order valence-corrected chi connectivity index (χ0v) is 13.3. The van der Waals surface area contributed by atoms with Crippen molar-refractivity contribution in [2.24, 2.45) is 11.3 Å². The Morgan fingerprint density at radius 3 is 2.06 bits per heavy atom. The van der Waals surface area contributed by atoms with E-state index in [0.717, 1.165) is 12.1 Å². The van der Waals surface area contributed by atoms with Gasteiger partial charge in [-0.2, -0.15) is 0 Å². The van der Waals surface area contributed by atoms with Gasteiger partial charge in [-0.25, -0.2) is 4.68 Å². The predicted octanol–water partition coefficient (Wildman–Crippen LogP) is 4.21. The molecule has 1 aromatic heterocycles. The Hall–Kier alpha value is -0.860. The largest absolute Gasteiger partial charge is 0.247 e. The molecule has 0 aliphatic rings. The molecular weight excluding hydrogens is 222 g/mol. The van der Waals surface area contributed by atoms with Gasteiger partial charge in [0.1, 0.15) is 0 Å². The Morgan fingerprint density at radius 1 is 1.11 bits per heavy atom. The third kappa shape index (κ3) is 3.82. The van der Waals surface area contributed by atoms with Gasteiger partial charge in [-0.05, 0) is 38.5 Å². The van der Waals surface area contributed by atoms with Crippen LogP contribution in [0, 0.1) is 11.3 Å². The first-order chi connectivity index (χ1) is 8.01. The summed E-state index contributed by atoms with van der Waals surface area (Å²) < 4.78 is 1.96. The Balaban J connectivity index is 2.74. The molecule has 0 aliphatic heterocycles. The molecule has 0 saturated carbocycles. The molecule has 0 spiro atoms. The lowest BCUT2D eigenvalue weighted by atomic mass is 9.77. The molecule has 0 aliphatic carbocycles. The van der Waals surface area contributed by atoms with E-state index in [1.54, 1.807) is 0 Å². The highest BCUT2D eigenvalue weighted by Crippen LogP contribution is 2.33. The molecular formula is C15H29N3. The topological polar surface area (TPSA) is 30.7 Å². The van der Waals surface area contributed by atoms with Gasteiger partial charge in [-0.15, -0.1) is 5.10 Å². The quantitative estimate of drug-likeness (QED) is 0.805. The van der Waals surface area contributed by atoms with E-state index in [-0.39, 0.29) is 5.54 Å². The molecule has 104 valence electrons. The molecule has 2 unspecified atom stereocenters. The van der Waals surface area contributed by atoms with Crippen LogP contribution in [-0.2, 0) is 5.54 Å². The van der Waals surface area contributed by atoms with Crippen LogP contribution in [-0.4, -0.2) is 15.0 Å². The fourth-order valence-electron chi connectivity index (χ4n) is 1.83. The highest BCUT2D eigenvalue weighted by Gasteiger charge is 2.24. The van der Waals surface area contributed by atoms with Gasteiger partial charge in [0.05, 0.1) is 11.2 Å². The van der Waals surface area contributed by atoms with Crippen LogP contribution in [0.1, 0.15) is 73.4 Å². The van der Waals surface area contributed by atoms with Crippen LogP contribution in [0.2, 0.25) is 0 Å². The minimum atomic E-state index is 0.0145. The summed E-state index contributed by atoms with van der Waals surface area (Å²) in [5.41, 5.74) is 1.48. The molecule has 3 nitrogen and oxygen atoms in total. The van der Waals surface area contributed by atoms with Crippen molar-refractivity contribution in [3.8, 4) is 0 Å². The molecule has 0 amide bonds. The third-order valence-electron chi connectivity index (χ3n) is 3.89. The molecule has 0 radical (unpaired) electrons. The number of rotatable bonds is 3. The summed E-state index contributed by atoms with van der Waals surface area (Å²) in [6.45, 7) is 17.9. The fourth-order valence-corrected chi connectivity index (χ4v) is 1.83. The summed E-state index contributed by atoms with van der Waals surface area (Å²) >= 11 is 0. The molecule has 1 aromatic rings. The second kappa shape index (κ2) is 5.02. The van der Waals surface area contributed by atoms with Crippen LogP contribution in [0.25, 0.3) is 0 Å². The van der Waals surface area contributed by atoms with Crippen molar-refractivity contribution in [2.75, 3.05) is 0 Å². The molecule has 0 fully saturated rings. The third-order valence-corrected chi connectivity index (χ3v) is 3.89. The monoisotopic (exact) mass is 251 g/mol. The van der Waals surface area contributed by atoms with Gasteiger partial charge in [-0.1, -0.05) is 39.8 Å². The van der Waals surface area contributed by atoms with E-state index in [2.05, 4.69) is 71.9 Å². The van der Waals surface area contributed by atoms with Crippen LogP contribution in [0.5, 0.6) is 0 Å². The molecule has 0 aromatic carbocycles. The average molecular weight is 251 g/mol. The number of hydrogen-bond acceptors (Lipinski definition) is 2. The molecule has 2 atom stereocenters. The maximum Gasteiger partial charge on any atom is 0.0855 e. The first-order valence-electron chi connectivity index (χ1n) is 6.94. The summed E-state index contributed by atoms with van der Waals surface area (Å²) in [4.78, 5) is 0. The van der Waals surface area contributed by atoms with Crippen LogP contribution >= 0.6 is 0 Å². The Labute approximate surface area is 112 Å². The van der Waals surface area contributed by atoms with Gasteiger partial charge in [-0.3, -0.25) is 0 Å². The molecule has 3 heteroatoms. The second-order valence-electron chi connectivity index (χ2n) is 7.66. The van der Waals surface area contributed by atoms with Crippen molar-refractivity contribution in [3.63, 3.8) is 0 Å². The number of aromatic nitrogens is 3. The lowest BCUT2D eigenvalue weighted by molar-refractivity contribution is 0.235. The molecule has 1 heterocycles. The highest BCUT2D eigenvalue weighted by molar-refractivity contribution is 5.02. The standard InChI is InChI=1S/C15H29N3/c1-11(9-12(2)14(3,4)5)13-10-18(17-16-13)15(6,7)8/h10-12H,9H2,1-8H3. The summed E-state index contributed by atoms with van der Waals surface area (Å²) in [5.74, 6) is 1.14. The van der Waals surface area contributed by atoms with Crippen molar-refractivity contribution in [1.82, 2.24) is 15.0 Å². The van der Waals surface area contributed by atoms with Gasteiger partial charge in [0, 0.05) is 12.1 Å². The van der Waals surface area contributed by atoms with Crippen molar-refractivity contribution in [3.05, 3.63) is 11.9 Å². The minimum Gasteiger partial charge on any atom is -0.247 e. The summed E-state index contributed by atoms with van der Waals surface area (Å²) in [5, 5.41) is 8.58. The Kier molecular flexibility index (Phi) is 4.24. The smallest absolute Gasteiger partial charge is 0.0855 e. The van der Waals surface area contributed by atoms with E-state index in [4.69, 9.17) is 0 Å². The maximum absolute atomic E-state index is 4.33. The molecule has 18 heavy (non-hydrogen) atoms. The van der Waals surface area contributed by atoms with E-state index >= 15 is 0 Å². The van der Waals surface area contributed by atoms with E-state index in [9.17, 15) is 0 Å². The average Bonchev–Trinajstić information content (AvgIpc) is 2.63. The van der Waals surface area contributed by atoms with Gasteiger partial charge in [0.2, 0.25) is 0 Å². The van der Waals surface area contributed by atoms with Crippen molar-refractivity contribution >= 4 is 0 Å². The lowest BCUT2D eigenvalue weighted by Crippen LogP contribution is -2.22. The zero-order valence-electron chi connectivity index (χ0n) is 13.3. The van der Waals surface area contributed by atoms with Gasteiger partial charge in [0.25, 0.3) is 0 Å². The summed E-state index contributed by atoms with van der Waals surface area (Å²) in [6.07, 6.45) is 3.26. The maximum atomic E-state index is 4.33. The normalized spacial score (nSPS) is 16.7. The predicted molar refractivity (Wildman–Crippen MR) is 76.7 cm³/mol. The molecule has 1 rings (SSSR count). The second-order valence-corrected chi connectivity index (χ2v) is 7.66. The van der Waals surface area contributed by atoms with Crippen molar-refractivity contribution < 1.29 is 0 Å². The van der Waals surface area contributed by atoms with E-state index < -0.39 is 0 Å². The van der Waals surface area contributed by atoms with Crippen LogP contribution in [0.3, 0.4) is 0 Å². The van der Waals surface area contributed by atoms with Crippen molar-refractivity contribution in [2.45, 2.75) is 73.3 Å².